The van der Waals surface area contributed by atoms with Crippen LogP contribution in [0.3, 0.4) is 0 Å². The largest absolute Gasteiger partial charge is 0.296 e. The number of ketones is 1. The Morgan fingerprint density at radius 1 is 1.00 bits per heavy atom. The fraction of sp³-hybridized carbons (Fsp3) is 0.889. The highest BCUT2D eigenvalue weighted by Crippen LogP contribution is 2.65. The minimum Gasteiger partial charge on any atom is -0.296 e. The van der Waals surface area contributed by atoms with Crippen LogP contribution in [0.1, 0.15) is 105 Å². The predicted octanol–water partition coefficient (Wildman–Crippen LogP) is 7.69. The van der Waals surface area contributed by atoms with Crippen molar-refractivity contribution < 1.29 is 9.18 Å². The highest BCUT2D eigenvalue weighted by Gasteiger charge is 2.57. The van der Waals surface area contributed by atoms with E-state index in [1.165, 1.54) is 50.5 Å². The maximum absolute atomic E-state index is 15.2. The third-order valence-electron chi connectivity index (χ3n) is 9.94. The number of hydrogen-bond acceptors (Lipinski definition) is 1. The van der Waals surface area contributed by atoms with Gasteiger partial charge in [-0.05, 0) is 90.9 Å². The molecule has 164 valence electrons. The van der Waals surface area contributed by atoms with Gasteiger partial charge in [0.15, 0.2) is 12.0 Å². The SMILES string of the molecule is CC(C)CCC[C@@H](C)[C@H]1CC[C@H]2[C@@H]3CC[C@]4(C)CCC(=O)[C@@H](F)C4=C3CC[C@]12C. The number of fused-ring (bicyclic) bond motifs is 4. The molecule has 0 unspecified atom stereocenters. The topological polar surface area (TPSA) is 17.1 Å². The van der Waals surface area contributed by atoms with E-state index < -0.39 is 6.17 Å². The van der Waals surface area contributed by atoms with E-state index in [1.807, 2.05) is 0 Å². The van der Waals surface area contributed by atoms with E-state index in [0.717, 1.165) is 42.6 Å². The molecule has 3 saturated carbocycles. The molecule has 0 aromatic rings. The van der Waals surface area contributed by atoms with Gasteiger partial charge in [0, 0.05) is 6.42 Å². The highest BCUT2D eigenvalue weighted by molar-refractivity contribution is 5.88. The first kappa shape index (κ1) is 21.6. The van der Waals surface area contributed by atoms with Crippen LogP contribution in [0, 0.1) is 40.4 Å². The number of rotatable bonds is 5. The van der Waals surface area contributed by atoms with Crippen LogP contribution in [0.2, 0.25) is 0 Å². The normalized spacial score (nSPS) is 43.2. The molecule has 0 aromatic heterocycles. The van der Waals surface area contributed by atoms with Crippen molar-refractivity contribution in [3.63, 3.8) is 0 Å². The van der Waals surface area contributed by atoms with E-state index in [4.69, 9.17) is 0 Å². The fourth-order valence-corrected chi connectivity index (χ4v) is 8.26. The summed E-state index contributed by atoms with van der Waals surface area (Å²) in [4.78, 5) is 12.2. The Kier molecular flexibility index (Phi) is 5.79. The van der Waals surface area contributed by atoms with Crippen molar-refractivity contribution in [2.75, 3.05) is 0 Å². The molecule has 4 aliphatic rings. The summed E-state index contributed by atoms with van der Waals surface area (Å²) in [5.74, 6) is 3.55. The van der Waals surface area contributed by atoms with Crippen LogP contribution in [-0.2, 0) is 4.79 Å². The zero-order chi connectivity index (χ0) is 21.0. The van der Waals surface area contributed by atoms with E-state index in [-0.39, 0.29) is 11.2 Å². The molecular formula is C27H43FO. The molecule has 0 bridgehead atoms. The molecule has 3 fully saturated rings. The lowest BCUT2D eigenvalue weighted by molar-refractivity contribution is -0.125. The monoisotopic (exact) mass is 402 g/mol. The second-order valence-electron chi connectivity index (χ2n) is 12.1. The number of Topliss-reactive ketones (excluding diaryl/α,β-unsaturated/α-hetero) is 1. The molecule has 0 saturated heterocycles. The fourth-order valence-electron chi connectivity index (χ4n) is 8.26. The van der Waals surface area contributed by atoms with Crippen LogP contribution >= 0.6 is 0 Å². The van der Waals surface area contributed by atoms with Gasteiger partial charge in [-0.2, -0.15) is 0 Å². The van der Waals surface area contributed by atoms with Crippen molar-refractivity contribution in [3.05, 3.63) is 11.1 Å². The van der Waals surface area contributed by atoms with Gasteiger partial charge in [0.2, 0.25) is 0 Å². The molecule has 2 heteroatoms. The second-order valence-corrected chi connectivity index (χ2v) is 12.1. The van der Waals surface area contributed by atoms with Crippen LogP contribution in [0.25, 0.3) is 0 Å². The lowest BCUT2D eigenvalue weighted by atomic mass is 9.51. The highest BCUT2D eigenvalue weighted by atomic mass is 19.1. The quantitative estimate of drug-likeness (QED) is 0.431. The zero-order valence-corrected chi connectivity index (χ0v) is 19.5. The van der Waals surface area contributed by atoms with Gasteiger partial charge in [0.1, 0.15) is 0 Å². The molecule has 0 radical (unpaired) electrons. The van der Waals surface area contributed by atoms with Crippen molar-refractivity contribution in [2.24, 2.45) is 40.4 Å². The van der Waals surface area contributed by atoms with Gasteiger partial charge >= 0.3 is 0 Å². The molecule has 4 rings (SSSR count). The maximum atomic E-state index is 15.2. The second kappa shape index (κ2) is 7.79. The predicted molar refractivity (Wildman–Crippen MR) is 118 cm³/mol. The van der Waals surface area contributed by atoms with Crippen molar-refractivity contribution in [1.29, 1.82) is 0 Å². The molecule has 0 spiro atoms. The molecule has 7 atom stereocenters. The first-order valence-corrected chi connectivity index (χ1v) is 12.6. The third-order valence-corrected chi connectivity index (χ3v) is 9.94. The lowest BCUT2D eigenvalue weighted by Crippen LogP contribution is -2.47. The summed E-state index contributed by atoms with van der Waals surface area (Å²) in [7, 11) is 0. The first-order chi connectivity index (χ1) is 13.7. The Hall–Kier alpha value is -0.660. The van der Waals surface area contributed by atoms with Crippen LogP contribution in [0.15, 0.2) is 11.1 Å². The number of allylic oxidation sites excluding steroid dienone is 2. The van der Waals surface area contributed by atoms with Gasteiger partial charge in [-0.15, -0.1) is 0 Å². The summed E-state index contributed by atoms with van der Waals surface area (Å²) in [5.41, 5.74) is 2.73. The van der Waals surface area contributed by atoms with Crippen molar-refractivity contribution in [3.8, 4) is 0 Å². The van der Waals surface area contributed by atoms with Gasteiger partial charge in [0.05, 0.1) is 0 Å². The van der Waals surface area contributed by atoms with E-state index in [2.05, 4.69) is 34.6 Å². The minimum atomic E-state index is -1.30. The van der Waals surface area contributed by atoms with E-state index in [1.54, 1.807) is 0 Å². The van der Waals surface area contributed by atoms with E-state index in [9.17, 15) is 4.79 Å². The average Bonchev–Trinajstić information content (AvgIpc) is 3.02. The molecule has 4 aliphatic carbocycles. The molecule has 29 heavy (non-hydrogen) atoms. The van der Waals surface area contributed by atoms with Crippen molar-refractivity contribution in [2.45, 2.75) is 111 Å². The lowest BCUT2D eigenvalue weighted by Gasteiger charge is -2.54. The summed E-state index contributed by atoms with van der Waals surface area (Å²) in [6.07, 6.45) is 11.3. The Morgan fingerprint density at radius 2 is 1.76 bits per heavy atom. The molecule has 1 nitrogen and oxygen atoms in total. The Morgan fingerprint density at radius 3 is 2.48 bits per heavy atom. The molecule has 0 N–H and O–H groups in total. The van der Waals surface area contributed by atoms with Gasteiger partial charge in [-0.25, -0.2) is 4.39 Å². The molecule has 0 aliphatic heterocycles. The Labute approximate surface area is 178 Å². The number of alkyl halides is 1. The van der Waals surface area contributed by atoms with Crippen molar-refractivity contribution in [1.82, 2.24) is 0 Å². The summed E-state index contributed by atoms with van der Waals surface area (Å²) in [6, 6.07) is 0. The number of carbonyl (C=O) groups is 1. The summed E-state index contributed by atoms with van der Waals surface area (Å²) >= 11 is 0. The smallest absolute Gasteiger partial charge is 0.180 e. The Bertz CT molecular complexity index is 678. The Balaban J connectivity index is 1.56. The maximum Gasteiger partial charge on any atom is 0.180 e. The van der Waals surface area contributed by atoms with Gasteiger partial charge in [0.25, 0.3) is 0 Å². The van der Waals surface area contributed by atoms with E-state index >= 15 is 4.39 Å². The molecule has 0 aromatic carbocycles. The van der Waals surface area contributed by atoms with Crippen LogP contribution < -0.4 is 0 Å². The van der Waals surface area contributed by atoms with Crippen LogP contribution in [0.5, 0.6) is 0 Å². The third kappa shape index (κ3) is 3.55. The van der Waals surface area contributed by atoms with Crippen LogP contribution in [0.4, 0.5) is 4.39 Å². The zero-order valence-electron chi connectivity index (χ0n) is 19.5. The number of halogens is 1. The molecule has 0 amide bonds. The average molecular weight is 403 g/mol. The van der Waals surface area contributed by atoms with Crippen LogP contribution in [-0.4, -0.2) is 12.0 Å². The molecule has 0 heterocycles. The summed E-state index contributed by atoms with van der Waals surface area (Å²) in [6.45, 7) is 12.0. The molecular weight excluding hydrogens is 359 g/mol. The van der Waals surface area contributed by atoms with Gasteiger partial charge in [-0.3, -0.25) is 4.79 Å². The van der Waals surface area contributed by atoms with Gasteiger partial charge < -0.3 is 0 Å². The van der Waals surface area contributed by atoms with E-state index in [0.29, 0.717) is 23.7 Å². The van der Waals surface area contributed by atoms with Gasteiger partial charge in [-0.1, -0.05) is 59.5 Å². The summed E-state index contributed by atoms with van der Waals surface area (Å²) in [5, 5.41) is 0. The number of carbonyl (C=O) groups excluding carboxylic acids is 1. The van der Waals surface area contributed by atoms with Crippen molar-refractivity contribution >= 4 is 5.78 Å². The first-order valence-electron chi connectivity index (χ1n) is 12.6. The minimum absolute atomic E-state index is 0.0466. The standard InChI is InChI=1S/C27H43FO/c1-17(2)7-6-8-18(3)21-9-10-22-19-11-14-26(4)15-13-23(29)25(28)24(26)20(19)12-16-27(21,22)5/h17-19,21-22,25H,6-16H2,1-5H3/t18-,19-,21-,22+,25-,26-,27-/m1/s1. The summed E-state index contributed by atoms with van der Waals surface area (Å²) < 4.78 is 15.2. The number of hydrogen-bond donors (Lipinski definition) is 0.